The summed E-state index contributed by atoms with van der Waals surface area (Å²) < 4.78 is 6.59. The number of ether oxygens (including phenoxy) is 1. The van der Waals surface area contributed by atoms with Gasteiger partial charge in [0.05, 0.1) is 5.39 Å². The number of aryl methyl sites for hydroxylation is 1. The lowest BCUT2D eigenvalue weighted by atomic mass is 10.1. The molecule has 0 bridgehead atoms. The third-order valence-electron chi connectivity index (χ3n) is 4.56. The molecule has 1 unspecified atom stereocenters. The van der Waals surface area contributed by atoms with Crippen molar-refractivity contribution in [3.8, 4) is 0 Å². The maximum absolute atomic E-state index is 12.8. The topological polar surface area (TPSA) is 90.3 Å². The van der Waals surface area contributed by atoms with E-state index in [0.717, 1.165) is 5.56 Å². The molecule has 0 spiro atoms. The van der Waals surface area contributed by atoms with Crippen molar-refractivity contribution < 1.29 is 14.3 Å². The van der Waals surface area contributed by atoms with Gasteiger partial charge in [0.1, 0.15) is 0 Å². The molecule has 1 amide bonds. The standard InChI is InChI=1S/C22H22ClN3O4/c1-3-12-26-21(28)17-10-6-5-9-16(17)19(25-26)22(29)30-14(2)20(27)24-13-15-8-4-7-11-18(15)23/h4-11,14H,3,12-13H2,1-2H3,(H,24,27). The molecule has 2 aromatic carbocycles. The average molecular weight is 428 g/mol. The SMILES string of the molecule is CCCn1nc(C(=O)OC(C)C(=O)NCc2ccccc2Cl)c2ccccc2c1=O. The largest absolute Gasteiger partial charge is 0.448 e. The molecule has 156 valence electrons. The Morgan fingerprint density at radius 2 is 1.80 bits per heavy atom. The van der Waals surface area contributed by atoms with Gasteiger partial charge >= 0.3 is 5.97 Å². The number of carbonyl (C=O) groups excluding carboxylic acids is 2. The number of nitrogens with zero attached hydrogens (tertiary/aromatic N) is 2. The lowest BCUT2D eigenvalue weighted by Crippen LogP contribution is -2.36. The summed E-state index contributed by atoms with van der Waals surface area (Å²) in [6, 6.07) is 13.9. The van der Waals surface area contributed by atoms with Gasteiger partial charge in [-0.1, -0.05) is 54.9 Å². The summed E-state index contributed by atoms with van der Waals surface area (Å²) in [6.07, 6.45) is -0.368. The second kappa shape index (κ2) is 9.54. The second-order valence-electron chi connectivity index (χ2n) is 6.78. The van der Waals surface area contributed by atoms with Gasteiger partial charge in [-0.3, -0.25) is 9.59 Å². The molecule has 0 radical (unpaired) electrons. The minimum absolute atomic E-state index is 0.00408. The number of aromatic nitrogens is 2. The molecule has 8 heteroatoms. The van der Waals surface area contributed by atoms with Crippen LogP contribution in [0.4, 0.5) is 0 Å². The Morgan fingerprint density at radius 1 is 1.13 bits per heavy atom. The van der Waals surface area contributed by atoms with Crippen molar-refractivity contribution in [2.75, 3.05) is 0 Å². The van der Waals surface area contributed by atoms with Crippen LogP contribution in [0, 0.1) is 0 Å². The zero-order valence-corrected chi connectivity index (χ0v) is 17.5. The predicted molar refractivity (Wildman–Crippen MR) is 114 cm³/mol. The first-order chi connectivity index (χ1) is 14.4. The molecule has 1 aromatic heterocycles. The highest BCUT2D eigenvalue weighted by molar-refractivity contribution is 6.31. The van der Waals surface area contributed by atoms with Gasteiger partial charge in [-0.2, -0.15) is 5.10 Å². The monoisotopic (exact) mass is 427 g/mol. The number of benzene rings is 2. The Hall–Kier alpha value is -3.19. The van der Waals surface area contributed by atoms with Crippen LogP contribution in [0.1, 0.15) is 36.3 Å². The van der Waals surface area contributed by atoms with E-state index in [1.54, 1.807) is 42.5 Å². The van der Waals surface area contributed by atoms with E-state index < -0.39 is 18.0 Å². The molecule has 0 aliphatic carbocycles. The van der Waals surface area contributed by atoms with Gasteiger partial charge in [0.25, 0.3) is 11.5 Å². The first kappa shape index (κ1) is 21.5. The minimum atomic E-state index is -1.05. The molecule has 1 heterocycles. The number of hydrogen-bond acceptors (Lipinski definition) is 5. The zero-order valence-electron chi connectivity index (χ0n) is 16.7. The number of fused-ring (bicyclic) bond motifs is 1. The van der Waals surface area contributed by atoms with E-state index in [2.05, 4.69) is 10.4 Å². The van der Waals surface area contributed by atoms with Crippen molar-refractivity contribution in [1.29, 1.82) is 0 Å². The van der Waals surface area contributed by atoms with Gasteiger partial charge in [-0.15, -0.1) is 0 Å². The molecule has 0 fully saturated rings. The third-order valence-corrected chi connectivity index (χ3v) is 4.93. The summed E-state index contributed by atoms with van der Waals surface area (Å²) in [4.78, 5) is 37.7. The summed E-state index contributed by atoms with van der Waals surface area (Å²) in [5.74, 6) is -1.23. The van der Waals surface area contributed by atoms with Crippen molar-refractivity contribution in [2.45, 2.75) is 39.5 Å². The van der Waals surface area contributed by atoms with Crippen LogP contribution < -0.4 is 10.9 Å². The predicted octanol–water partition coefficient (Wildman–Crippen LogP) is 3.32. The Balaban J connectivity index is 1.77. The zero-order chi connectivity index (χ0) is 21.7. The van der Waals surface area contributed by atoms with Crippen LogP contribution >= 0.6 is 11.6 Å². The van der Waals surface area contributed by atoms with E-state index in [-0.39, 0.29) is 17.8 Å². The molecule has 7 nitrogen and oxygen atoms in total. The highest BCUT2D eigenvalue weighted by atomic mass is 35.5. The van der Waals surface area contributed by atoms with Crippen molar-refractivity contribution in [3.63, 3.8) is 0 Å². The molecular weight excluding hydrogens is 406 g/mol. The number of rotatable bonds is 7. The van der Waals surface area contributed by atoms with Crippen LogP contribution in [0.15, 0.2) is 53.3 Å². The first-order valence-corrected chi connectivity index (χ1v) is 10.0. The average Bonchev–Trinajstić information content (AvgIpc) is 2.75. The summed E-state index contributed by atoms with van der Waals surface area (Å²) in [7, 11) is 0. The smallest absolute Gasteiger partial charge is 0.360 e. The van der Waals surface area contributed by atoms with Crippen molar-refractivity contribution in [2.24, 2.45) is 0 Å². The fourth-order valence-corrected chi connectivity index (χ4v) is 3.19. The van der Waals surface area contributed by atoms with Gasteiger partial charge in [-0.25, -0.2) is 9.48 Å². The number of carbonyl (C=O) groups is 2. The van der Waals surface area contributed by atoms with Gasteiger partial charge in [-0.05, 0) is 31.0 Å². The van der Waals surface area contributed by atoms with Crippen molar-refractivity contribution >= 4 is 34.2 Å². The highest BCUT2D eigenvalue weighted by Gasteiger charge is 2.23. The fourth-order valence-electron chi connectivity index (χ4n) is 2.99. The summed E-state index contributed by atoms with van der Waals surface area (Å²) in [5.41, 5.74) is 0.490. The number of esters is 1. The van der Waals surface area contributed by atoms with E-state index in [9.17, 15) is 14.4 Å². The van der Waals surface area contributed by atoms with E-state index in [1.165, 1.54) is 11.6 Å². The van der Waals surface area contributed by atoms with Crippen molar-refractivity contribution in [3.05, 3.63) is 75.2 Å². The first-order valence-electron chi connectivity index (χ1n) is 9.64. The van der Waals surface area contributed by atoms with E-state index in [1.807, 2.05) is 13.0 Å². The Morgan fingerprint density at radius 3 is 2.50 bits per heavy atom. The maximum Gasteiger partial charge on any atom is 0.360 e. The second-order valence-corrected chi connectivity index (χ2v) is 7.19. The number of halogens is 1. The molecule has 0 saturated carbocycles. The number of hydrogen-bond donors (Lipinski definition) is 1. The van der Waals surface area contributed by atoms with Crippen LogP contribution in [0.2, 0.25) is 5.02 Å². The molecule has 0 aliphatic heterocycles. The van der Waals surface area contributed by atoms with E-state index in [0.29, 0.717) is 28.8 Å². The lowest BCUT2D eigenvalue weighted by Gasteiger charge is -2.15. The van der Waals surface area contributed by atoms with Crippen LogP contribution in [-0.4, -0.2) is 27.8 Å². The minimum Gasteiger partial charge on any atom is -0.448 e. The van der Waals surface area contributed by atoms with Crippen LogP contribution in [0.25, 0.3) is 10.8 Å². The molecule has 1 atom stereocenters. The van der Waals surface area contributed by atoms with Crippen LogP contribution in [0.3, 0.4) is 0 Å². The fraction of sp³-hybridized carbons (Fsp3) is 0.273. The molecule has 3 rings (SSSR count). The molecule has 1 N–H and O–H groups in total. The van der Waals surface area contributed by atoms with E-state index in [4.69, 9.17) is 16.3 Å². The quantitative estimate of drug-likeness (QED) is 0.584. The molecule has 30 heavy (non-hydrogen) atoms. The third kappa shape index (κ3) is 4.68. The van der Waals surface area contributed by atoms with E-state index >= 15 is 0 Å². The summed E-state index contributed by atoms with van der Waals surface area (Å²) in [6.45, 7) is 3.97. The Bertz CT molecular complexity index is 1140. The number of amides is 1. The molecule has 0 aliphatic rings. The normalized spacial score (nSPS) is 11.8. The van der Waals surface area contributed by atoms with Crippen LogP contribution in [-0.2, 0) is 22.6 Å². The van der Waals surface area contributed by atoms with Gasteiger partial charge in [0, 0.05) is 23.5 Å². The molecular formula is C22H22ClN3O4. The van der Waals surface area contributed by atoms with Gasteiger partial charge < -0.3 is 10.1 Å². The molecule has 0 saturated heterocycles. The summed E-state index contributed by atoms with van der Waals surface area (Å²) in [5, 5.41) is 8.20. The van der Waals surface area contributed by atoms with Crippen molar-refractivity contribution in [1.82, 2.24) is 15.1 Å². The van der Waals surface area contributed by atoms with Crippen LogP contribution in [0.5, 0.6) is 0 Å². The van der Waals surface area contributed by atoms with Gasteiger partial charge in [0.2, 0.25) is 0 Å². The maximum atomic E-state index is 12.8. The van der Waals surface area contributed by atoms with Gasteiger partial charge in [0.15, 0.2) is 11.8 Å². The highest BCUT2D eigenvalue weighted by Crippen LogP contribution is 2.16. The lowest BCUT2D eigenvalue weighted by molar-refractivity contribution is -0.129. The summed E-state index contributed by atoms with van der Waals surface area (Å²) >= 11 is 6.09. The number of nitrogens with one attached hydrogen (secondary N) is 1. The molecule has 3 aromatic rings. The Labute approximate surface area is 178 Å². The Kier molecular flexibility index (Phi) is 6.84.